The van der Waals surface area contributed by atoms with Crippen LogP contribution in [-0.2, 0) is 0 Å². The van der Waals surface area contributed by atoms with E-state index in [1.807, 2.05) is 12.1 Å². The molecule has 0 heterocycles. The maximum atomic E-state index is 5.90. The Morgan fingerprint density at radius 3 is 2.20 bits per heavy atom. The minimum Gasteiger partial charge on any atom is -0.497 e. The van der Waals surface area contributed by atoms with Gasteiger partial charge in [-0.2, -0.15) is 0 Å². The first-order valence-electron chi connectivity index (χ1n) is 7.84. The molecule has 0 aliphatic rings. The first-order chi connectivity index (χ1) is 9.77. The number of methoxy groups -OCH3 is 1. The van der Waals surface area contributed by atoms with Crippen LogP contribution >= 0.6 is 0 Å². The highest BCUT2D eigenvalue weighted by Crippen LogP contribution is 2.26. The summed E-state index contributed by atoms with van der Waals surface area (Å²) < 4.78 is 10.8. The summed E-state index contributed by atoms with van der Waals surface area (Å²) in [5, 5.41) is 0. The minimum atomic E-state index is 0.643. The van der Waals surface area contributed by atoms with Crippen LogP contribution in [0.25, 0.3) is 0 Å². The zero-order valence-electron chi connectivity index (χ0n) is 13.0. The number of nitrogen functional groups attached to an aromatic ring is 1. The van der Waals surface area contributed by atoms with Crippen molar-refractivity contribution in [3.8, 4) is 11.5 Å². The summed E-state index contributed by atoms with van der Waals surface area (Å²) in [5.41, 5.74) is 6.54. The number of benzene rings is 1. The fraction of sp³-hybridized carbons (Fsp3) is 0.647. The molecule has 0 spiro atoms. The highest BCUT2D eigenvalue weighted by molar-refractivity contribution is 5.56. The van der Waals surface area contributed by atoms with E-state index < -0.39 is 0 Å². The molecule has 0 bridgehead atoms. The van der Waals surface area contributed by atoms with E-state index in [-0.39, 0.29) is 0 Å². The predicted octanol–water partition coefficient (Wildman–Crippen LogP) is 4.80. The zero-order chi connectivity index (χ0) is 14.6. The van der Waals surface area contributed by atoms with E-state index in [0.29, 0.717) is 5.69 Å². The molecule has 0 aliphatic carbocycles. The number of nitrogens with two attached hydrogens (primary N) is 1. The van der Waals surface area contributed by atoms with Crippen LogP contribution in [0.4, 0.5) is 5.69 Å². The fourth-order valence-electron chi connectivity index (χ4n) is 2.20. The average Bonchev–Trinajstić information content (AvgIpc) is 2.47. The summed E-state index contributed by atoms with van der Waals surface area (Å²) in [6.45, 7) is 2.99. The highest BCUT2D eigenvalue weighted by atomic mass is 16.5. The molecule has 1 rings (SSSR count). The molecule has 0 unspecified atom stereocenters. The Balaban J connectivity index is 2.06. The zero-order valence-corrected chi connectivity index (χ0v) is 13.0. The number of anilines is 1. The summed E-state index contributed by atoms with van der Waals surface area (Å²) in [4.78, 5) is 0. The number of rotatable bonds is 11. The van der Waals surface area contributed by atoms with Crippen LogP contribution in [0.15, 0.2) is 18.2 Å². The quantitative estimate of drug-likeness (QED) is 0.467. The van der Waals surface area contributed by atoms with E-state index in [4.69, 9.17) is 15.2 Å². The van der Waals surface area contributed by atoms with E-state index in [1.54, 1.807) is 13.2 Å². The second-order valence-electron chi connectivity index (χ2n) is 5.23. The van der Waals surface area contributed by atoms with Crippen molar-refractivity contribution in [2.24, 2.45) is 0 Å². The van der Waals surface area contributed by atoms with Gasteiger partial charge in [0.25, 0.3) is 0 Å². The van der Waals surface area contributed by atoms with Crippen molar-refractivity contribution in [1.29, 1.82) is 0 Å². The van der Waals surface area contributed by atoms with E-state index in [9.17, 15) is 0 Å². The van der Waals surface area contributed by atoms with E-state index in [1.165, 1.54) is 44.9 Å². The molecule has 0 aliphatic heterocycles. The molecular weight excluding hydrogens is 250 g/mol. The maximum Gasteiger partial charge on any atom is 0.142 e. The number of unbranched alkanes of at least 4 members (excludes halogenated alkanes) is 7. The van der Waals surface area contributed by atoms with Gasteiger partial charge in [0.05, 0.1) is 19.4 Å². The number of ether oxygens (including phenoxy) is 2. The van der Waals surface area contributed by atoms with Crippen molar-refractivity contribution in [3.05, 3.63) is 18.2 Å². The molecule has 114 valence electrons. The van der Waals surface area contributed by atoms with Gasteiger partial charge in [-0.1, -0.05) is 51.9 Å². The first-order valence-corrected chi connectivity index (χ1v) is 7.84. The SMILES string of the molecule is CCCCCCCCCCOc1ccc(OC)cc1N. The Kier molecular flexibility index (Phi) is 8.68. The van der Waals surface area contributed by atoms with Gasteiger partial charge in [0.15, 0.2) is 0 Å². The molecular formula is C17H29NO2. The summed E-state index contributed by atoms with van der Waals surface area (Å²) in [6, 6.07) is 5.54. The lowest BCUT2D eigenvalue weighted by atomic mass is 10.1. The topological polar surface area (TPSA) is 44.5 Å². The molecule has 0 saturated carbocycles. The normalized spacial score (nSPS) is 10.5. The number of hydrogen-bond donors (Lipinski definition) is 1. The third kappa shape index (κ3) is 6.69. The summed E-state index contributed by atoms with van der Waals surface area (Å²) in [7, 11) is 1.63. The molecule has 3 heteroatoms. The van der Waals surface area contributed by atoms with Gasteiger partial charge >= 0.3 is 0 Å². The van der Waals surface area contributed by atoms with Gasteiger partial charge in [0.2, 0.25) is 0 Å². The number of hydrogen-bond acceptors (Lipinski definition) is 3. The lowest BCUT2D eigenvalue weighted by Crippen LogP contribution is -2.00. The Labute approximate surface area is 123 Å². The van der Waals surface area contributed by atoms with Gasteiger partial charge in [-0.25, -0.2) is 0 Å². The van der Waals surface area contributed by atoms with Gasteiger partial charge in [-0.05, 0) is 18.6 Å². The van der Waals surface area contributed by atoms with Crippen molar-refractivity contribution in [2.75, 3.05) is 19.5 Å². The largest absolute Gasteiger partial charge is 0.497 e. The van der Waals surface area contributed by atoms with Crippen molar-refractivity contribution >= 4 is 5.69 Å². The molecule has 0 radical (unpaired) electrons. The summed E-state index contributed by atoms with van der Waals surface area (Å²) in [5.74, 6) is 1.52. The Morgan fingerprint density at radius 1 is 0.950 bits per heavy atom. The van der Waals surface area contributed by atoms with Gasteiger partial charge in [0.1, 0.15) is 11.5 Å². The fourth-order valence-corrected chi connectivity index (χ4v) is 2.20. The van der Waals surface area contributed by atoms with Crippen LogP contribution in [0, 0.1) is 0 Å². The first kappa shape index (κ1) is 16.7. The smallest absolute Gasteiger partial charge is 0.142 e. The van der Waals surface area contributed by atoms with Crippen LogP contribution < -0.4 is 15.2 Å². The molecule has 1 aromatic rings. The van der Waals surface area contributed by atoms with Crippen molar-refractivity contribution in [1.82, 2.24) is 0 Å². The third-order valence-corrected chi connectivity index (χ3v) is 3.47. The van der Waals surface area contributed by atoms with E-state index in [2.05, 4.69) is 6.92 Å². The van der Waals surface area contributed by atoms with Gasteiger partial charge in [-0.15, -0.1) is 0 Å². The Morgan fingerprint density at radius 2 is 1.60 bits per heavy atom. The molecule has 0 aromatic heterocycles. The third-order valence-electron chi connectivity index (χ3n) is 3.47. The van der Waals surface area contributed by atoms with Crippen LogP contribution in [0.2, 0.25) is 0 Å². The lowest BCUT2D eigenvalue weighted by Gasteiger charge is -2.10. The predicted molar refractivity (Wildman–Crippen MR) is 85.5 cm³/mol. The molecule has 2 N–H and O–H groups in total. The van der Waals surface area contributed by atoms with Crippen molar-refractivity contribution in [3.63, 3.8) is 0 Å². The second-order valence-corrected chi connectivity index (χ2v) is 5.23. The van der Waals surface area contributed by atoms with Crippen LogP contribution in [0.5, 0.6) is 11.5 Å². The van der Waals surface area contributed by atoms with Gasteiger partial charge in [0, 0.05) is 6.07 Å². The standard InChI is InChI=1S/C17H29NO2/c1-3-4-5-6-7-8-9-10-13-20-17-12-11-15(19-2)14-16(17)18/h11-12,14H,3-10,13,18H2,1-2H3. The van der Waals surface area contributed by atoms with Gasteiger partial charge < -0.3 is 15.2 Å². The molecule has 0 saturated heterocycles. The Hall–Kier alpha value is -1.38. The van der Waals surface area contributed by atoms with Crippen LogP contribution in [0.1, 0.15) is 58.3 Å². The van der Waals surface area contributed by atoms with Crippen molar-refractivity contribution in [2.45, 2.75) is 58.3 Å². The average molecular weight is 279 g/mol. The lowest BCUT2D eigenvalue weighted by molar-refractivity contribution is 0.305. The van der Waals surface area contributed by atoms with E-state index >= 15 is 0 Å². The molecule has 20 heavy (non-hydrogen) atoms. The Bertz CT molecular complexity index is 366. The van der Waals surface area contributed by atoms with Crippen LogP contribution in [0.3, 0.4) is 0 Å². The summed E-state index contributed by atoms with van der Waals surface area (Å²) >= 11 is 0. The monoisotopic (exact) mass is 279 g/mol. The second kappa shape index (κ2) is 10.4. The molecule has 1 aromatic carbocycles. The van der Waals surface area contributed by atoms with E-state index in [0.717, 1.165) is 24.5 Å². The minimum absolute atomic E-state index is 0.643. The summed E-state index contributed by atoms with van der Waals surface area (Å²) in [6.07, 6.45) is 10.4. The molecule has 3 nitrogen and oxygen atoms in total. The molecule has 0 fully saturated rings. The van der Waals surface area contributed by atoms with Crippen molar-refractivity contribution < 1.29 is 9.47 Å². The maximum absolute atomic E-state index is 5.90. The highest BCUT2D eigenvalue weighted by Gasteiger charge is 2.02. The van der Waals surface area contributed by atoms with Crippen LogP contribution in [-0.4, -0.2) is 13.7 Å². The van der Waals surface area contributed by atoms with Gasteiger partial charge in [-0.3, -0.25) is 0 Å². The molecule has 0 atom stereocenters. The molecule has 0 amide bonds.